The van der Waals surface area contributed by atoms with E-state index < -0.39 is 5.91 Å². The van der Waals surface area contributed by atoms with Crippen molar-refractivity contribution in [2.45, 2.75) is 0 Å². The lowest BCUT2D eigenvalue weighted by molar-refractivity contribution is 0.101. The number of nitrogens with one attached hydrogen (secondary N) is 1. The average molecular weight is 393 g/mol. The van der Waals surface area contributed by atoms with E-state index in [4.69, 9.17) is 20.9 Å². The van der Waals surface area contributed by atoms with Crippen LogP contribution >= 0.6 is 11.6 Å². The maximum atomic E-state index is 12.5. The molecule has 0 spiro atoms. The second-order valence-electron chi connectivity index (χ2n) is 5.70. The van der Waals surface area contributed by atoms with E-state index in [-0.39, 0.29) is 11.7 Å². The molecule has 0 bridgehead atoms. The highest BCUT2D eigenvalue weighted by Gasteiger charge is 2.14. The molecule has 0 radical (unpaired) electrons. The lowest BCUT2D eigenvalue weighted by Crippen LogP contribution is -2.12. The molecule has 7 nitrogen and oxygen atoms in total. The average Bonchev–Trinajstić information content (AvgIpc) is 3.20. The van der Waals surface area contributed by atoms with E-state index >= 15 is 0 Å². The van der Waals surface area contributed by atoms with Gasteiger partial charge in [-0.2, -0.15) is 0 Å². The van der Waals surface area contributed by atoms with E-state index in [1.54, 1.807) is 67.0 Å². The summed E-state index contributed by atoms with van der Waals surface area (Å²) in [6.45, 7) is 0. The fraction of sp³-hybridized carbons (Fsp3) is 0. The number of ether oxygens (including phenoxy) is 1. The van der Waals surface area contributed by atoms with Crippen molar-refractivity contribution in [3.05, 3.63) is 83.8 Å². The van der Waals surface area contributed by atoms with Crippen LogP contribution in [0.15, 0.2) is 77.6 Å². The first kappa shape index (κ1) is 17.7. The molecule has 0 aliphatic heterocycles. The number of nitrogens with zero attached hydrogens (tertiary/aromatic N) is 3. The zero-order chi connectivity index (χ0) is 19.3. The number of hydrogen-bond acceptors (Lipinski definition) is 6. The van der Waals surface area contributed by atoms with Gasteiger partial charge in [-0.1, -0.05) is 35.0 Å². The molecule has 8 heteroatoms. The van der Waals surface area contributed by atoms with Crippen molar-refractivity contribution >= 4 is 23.2 Å². The summed E-state index contributed by atoms with van der Waals surface area (Å²) < 4.78 is 10.8. The Kier molecular flexibility index (Phi) is 4.99. The molecule has 0 unspecified atom stereocenters. The second kappa shape index (κ2) is 7.89. The Morgan fingerprint density at radius 1 is 1.00 bits per heavy atom. The molecule has 2 aromatic carbocycles. The van der Waals surface area contributed by atoms with Crippen LogP contribution in [-0.2, 0) is 0 Å². The Morgan fingerprint density at radius 3 is 2.64 bits per heavy atom. The number of carbonyl (C=O) groups excluding carboxylic acids is 1. The maximum Gasteiger partial charge on any atom is 0.321 e. The molecule has 28 heavy (non-hydrogen) atoms. The number of carbonyl (C=O) groups is 1. The predicted octanol–water partition coefficient (Wildman–Crippen LogP) is 4.83. The summed E-state index contributed by atoms with van der Waals surface area (Å²) in [5.41, 5.74) is 1.41. The minimum absolute atomic E-state index is 0.146. The number of rotatable bonds is 5. The molecule has 0 atom stereocenters. The van der Waals surface area contributed by atoms with Gasteiger partial charge in [0.05, 0.1) is 0 Å². The highest BCUT2D eigenvalue weighted by molar-refractivity contribution is 6.30. The molecular weight excluding hydrogens is 380 g/mol. The minimum Gasteiger partial charge on any atom is -0.424 e. The van der Waals surface area contributed by atoms with Gasteiger partial charge in [0.1, 0.15) is 5.75 Å². The molecule has 4 rings (SSSR count). The van der Waals surface area contributed by atoms with Crippen LogP contribution in [0.2, 0.25) is 5.02 Å². The predicted molar refractivity (Wildman–Crippen MR) is 103 cm³/mol. The van der Waals surface area contributed by atoms with Gasteiger partial charge in [-0.3, -0.25) is 4.79 Å². The Bertz CT molecular complexity index is 1120. The van der Waals surface area contributed by atoms with Crippen LogP contribution in [0.25, 0.3) is 11.3 Å². The fourth-order valence-corrected chi connectivity index (χ4v) is 2.63. The first-order chi connectivity index (χ1) is 13.7. The molecule has 2 aromatic heterocycles. The van der Waals surface area contributed by atoms with Crippen molar-refractivity contribution in [2.75, 3.05) is 5.32 Å². The fourth-order valence-electron chi connectivity index (χ4n) is 2.44. The second-order valence-corrected chi connectivity index (χ2v) is 6.14. The van der Waals surface area contributed by atoms with Gasteiger partial charge in [-0.05, 0) is 30.3 Å². The van der Waals surface area contributed by atoms with Crippen LogP contribution in [0.3, 0.4) is 0 Å². The van der Waals surface area contributed by atoms with E-state index in [2.05, 4.69) is 20.4 Å². The molecule has 1 amide bonds. The number of hydrogen-bond donors (Lipinski definition) is 1. The van der Waals surface area contributed by atoms with Crippen molar-refractivity contribution < 1.29 is 14.1 Å². The third-order valence-corrected chi connectivity index (χ3v) is 3.93. The summed E-state index contributed by atoms with van der Waals surface area (Å²) in [7, 11) is 0. The maximum absolute atomic E-state index is 12.5. The van der Waals surface area contributed by atoms with Gasteiger partial charge in [-0.15, -0.1) is 0 Å². The van der Waals surface area contributed by atoms with Gasteiger partial charge in [0.15, 0.2) is 11.5 Å². The van der Waals surface area contributed by atoms with E-state index in [0.717, 1.165) is 5.56 Å². The van der Waals surface area contributed by atoms with Crippen molar-refractivity contribution in [3.63, 3.8) is 0 Å². The Hall–Kier alpha value is -3.71. The molecular formula is C20H13ClN4O3. The highest BCUT2D eigenvalue weighted by Crippen LogP contribution is 2.25. The lowest BCUT2D eigenvalue weighted by atomic mass is 10.1. The number of anilines is 1. The Morgan fingerprint density at radius 2 is 1.82 bits per heavy atom. The zero-order valence-corrected chi connectivity index (χ0v) is 15.1. The summed E-state index contributed by atoms with van der Waals surface area (Å²) in [4.78, 5) is 20.5. The third kappa shape index (κ3) is 4.16. The normalized spacial score (nSPS) is 10.5. The van der Waals surface area contributed by atoms with Gasteiger partial charge in [0.25, 0.3) is 5.91 Å². The smallest absolute Gasteiger partial charge is 0.321 e. The van der Waals surface area contributed by atoms with Gasteiger partial charge in [-0.25, -0.2) is 9.97 Å². The van der Waals surface area contributed by atoms with Gasteiger partial charge >= 0.3 is 6.01 Å². The standard InChI is InChI=1S/C20H13ClN4O3/c21-14-5-1-4-13(10-14)18-12-17(25-28-18)19(26)24-15-6-2-7-16(11-15)27-20-22-8-3-9-23-20/h1-12H,(H,24,26). The summed E-state index contributed by atoms with van der Waals surface area (Å²) in [5.74, 6) is 0.528. The number of benzene rings is 2. The summed E-state index contributed by atoms with van der Waals surface area (Å²) in [6, 6.07) is 17.4. The number of amides is 1. The van der Waals surface area contributed by atoms with Crippen LogP contribution in [0.4, 0.5) is 5.69 Å². The monoisotopic (exact) mass is 392 g/mol. The Balaban J connectivity index is 1.47. The molecule has 0 fully saturated rings. The highest BCUT2D eigenvalue weighted by atomic mass is 35.5. The van der Waals surface area contributed by atoms with Crippen LogP contribution in [0.5, 0.6) is 11.8 Å². The van der Waals surface area contributed by atoms with Crippen LogP contribution < -0.4 is 10.1 Å². The zero-order valence-electron chi connectivity index (χ0n) is 14.4. The largest absolute Gasteiger partial charge is 0.424 e. The van der Waals surface area contributed by atoms with Crippen molar-refractivity contribution in [3.8, 4) is 23.1 Å². The molecule has 0 saturated carbocycles. The molecule has 1 N–H and O–H groups in total. The first-order valence-electron chi connectivity index (χ1n) is 8.26. The number of halogens is 1. The first-order valence-corrected chi connectivity index (χ1v) is 8.64. The van der Waals surface area contributed by atoms with Gasteiger partial charge < -0.3 is 14.6 Å². The van der Waals surface area contributed by atoms with E-state index in [9.17, 15) is 4.79 Å². The van der Waals surface area contributed by atoms with Gasteiger partial charge in [0.2, 0.25) is 0 Å². The van der Waals surface area contributed by atoms with Crippen molar-refractivity contribution in [1.82, 2.24) is 15.1 Å². The quantitative estimate of drug-likeness (QED) is 0.523. The van der Waals surface area contributed by atoms with Crippen LogP contribution in [0.1, 0.15) is 10.5 Å². The van der Waals surface area contributed by atoms with Crippen LogP contribution in [0, 0.1) is 0 Å². The molecule has 138 valence electrons. The van der Waals surface area contributed by atoms with E-state index in [0.29, 0.717) is 22.2 Å². The summed E-state index contributed by atoms with van der Waals surface area (Å²) in [5, 5.41) is 7.15. The van der Waals surface area contributed by atoms with Crippen molar-refractivity contribution in [2.24, 2.45) is 0 Å². The van der Waals surface area contributed by atoms with Crippen LogP contribution in [-0.4, -0.2) is 21.0 Å². The molecule has 0 saturated heterocycles. The van der Waals surface area contributed by atoms with Crippen molar-refractivity contribution in [1.29, 1.82) is 0 Å². The molecule has 0 aliphatic carbocycles. The van der Waals surface area contributed by atoms with E-state index in [1.165, 1.54) is 0 Å². The summed E-state index contributed by atoms with van der Waals surface area (Å²) in [6.07, 6.45) is 3.16. The summed E-state index contributed by atoms with van der Waals surface area (Å²) >= 11 is 5.98. The molecule has 4 aromatic rings. The Labute approximate surface area is 165 Å². The van der Waals surface area contributed by atoms with E-state index in [1.807, 2.05) is 6.07 Å². The molecule has 0 aliphatic rings. The lowest BCUT2D eigenvalue weighted by Gasteiger charge is -2.06. The topological polar surface area (TPSA) is 90.1 Å². The third-order valence-electron chi connectivity index (χ3n) is 3.70. The molecule has 2 heterocycles. The SMILES string of the molecule is O=C(Nc1cccc(Oc2ncccn2)c1)c1cc(-c2cccc(Cl)c2)on1. The van der Waals surface area contributed by atoms with Gasteiger partial charge in [0, 0.05) is 40.8 Å². The number of aromatic nitrogens is 3. The minimum atomic E-state index is -0.412.